The Balaban J connectivity index is 0.921. The van der Waals surface area contributed by atoms with Crippen LogP contribution in [0, 0.1) is 0 Å². The average molecular weight is 927 g/mol. The molecule has 0 aliphatic heterocycles. The summed E-state index contributed by atoms with van der Waals surface area (Å²) in [6, 6.07) is 91.6. The molecule has 0 saturated carbocycles. The van der Waals surface area contributed by atoms with Crippen molar-refractivity contribution >= 4 is 21.5 Å². The highest BCUT2D eigenvalue weighted by molar-refractivity contribution is 6.26. The van der Waals surface area contributed by atoms with Gasteiger partial charge in [-0.1, -0.05) is 244 Å². The maximum atomic E-state index is 2.58. The zero-order valence-electron chi connectivity index (χ0n) is 41.0. The quantitative estimate of drug-likeness (QED) is 0.142. The van der Waals surface area contributed by atoms with Crippen molar-refractivity contribution in [2.45, 2.75) is 32.1 Å². The van der Waals surface area contributed by atoms with Gasteiger partial charge in [0.25, 0.3) is 0 Å². The van der Waals surface area contributed by atoms with Crippen LogP contribution in [0.2, 0.25) is 0 Å². The van der Waals surface area contributed by atoms with Crippen molar-refractivity contribution < 1.29 is 0 Å². The van der Waals surface area contributed by atoms with Gasteiger partial charge in [0.2, 0.25) is 0 Å². The highest BCUT2D eigenvalue weighted by Crippen LogP contribution is 2.61. The molecular formula is C73H50. The maximum Gasteiger partial charge on any atom is 0.0210 e. The van der Waals surface area contributed by atoms with Crippen molar-refractivity contribution in [3.63, 3.8) is 0 Å². The highest BCUT2D eigenvalue weighted by Gasteiger charge is 2.42. The molecule has 12 aromatic rings. The Bertz CT molecular complexity index is 3960. The summed E-state index contributed by atoms with van der Waals surface area (Å²) in [5.74, 6) is 0. The lowest BCUT2D eigenvalue weighted by atomic mass is 9.72. The lowest BCUT2D eigenvalue weighted by Gasteiger charge is -2.30. The van der Waals surface area contributed by atoms with E-state index in [0.717, 1.165) is 12.8 Å². The summed E-state index contributed by atoms with van der Waals surface area (Å²) < 4.78 is 0. The molecule has 0 heteroatoms. The Morgan fingerprint density at radius 1 is 0.233 bits per heavy atom. The number of fused-ring (bicyclic) bond motifs is 9. The fraction of sp³-hybridized carbons (Fsp3) is 0.0685. The molecule has 0 spiro atoms. The molecule has 3 aliphatic rings. The Labute approximate surface area is 427 Å². The van der Waals surface area contributed by atoms with Crippen molar-refractivity contribution in [1.82, 2.24) is 0 Å². The van der Waals surface area contributed by atoms with Crippen LogP contribution in [0.5, 0.6) is 0 Å². The molecule has 0 amide bonds. The first kappa shape index (κ1) is 41.9. The van der Waals surface area contributed by atoms with Gasteiger partial charge >= 0.3 is 0 Å². The van der Waals surface area contributed by atoms with E-state index in [1.807, 2.05) is 0 Å². The van der Waals surface area contributed by atoms with E-state index < -0.39 is 0 Å². The molecule has 0 saturated heterocycles. The van der Waals surface area contributed by atoms with Gasteiger partial charge in [-0.3, -0.25) is 0 Å². The normalized spacial score (nSPS) is 13.0. The summed E-state index contributed by atoms with van der Waals surface area (Å²) >= 11 is 0. The SMILES string of the molecule is CCC1(CC)c2cc(-c3ccc4cccc5c4c3-c3c(-c4ccccc4)ccc(-c4ccccc4)c3-5)ccc2-c2ccc(-c3ccc4cccc5c4c3-c3c(-c4ccccc4)ccc(-c4ccccc4)c3-5)cc21. The van der Waals surface area contributed by atoms with Gasteiger partial charge in [-0.2, -0.15) is 0 Å². The minimum Gasteiger partial charge on any atom is -0.0642 e. The van der Waals surface area contributed by atoms with E-state index in [-0.39, 0.29) is 5.41 Å². The molecule has 0 N–H and O–H groups in total. The second-order valence-electron chi connectivity index (χ2n) is 20.4. The summed E-state index contributed by atoms with van der Waals surface area (Å²) in [6.45, 7) is 4.82. The molecule has 0 heterocycles. The first-order chi connectivity index (χ1) is 36.1. The molecule has 0 radical (unpaired) electrons. The second kappa shape index (κ2) is 16.1. The van der Waals surface area contributed by atoms with E-state index in [1.165, 1.54) is 155 Å². The van der Waals surface area contributed by atoms with Crippen molar-refractivity contribution in [3.05, 3.63) is 254 Å². The van der Waals surface area contributed by atoms with Crippen LogP contribution in [0.15, 0.2) is 243 Å². The molecule has 0 atom stereocenters. The zero-order valence-corrected chi connectivity index (χ0v) is 41.0. The molecule has 73 heavy (non-hydrogen) atoms. The lowest BCUT2D eigenvalue weighted by molar-refractivity contribution is 0.491. The predicted molar refractivity (Wildman–Crippen MR) is 310 cm³/mol. The number of hydrogen-bond acceptors (Lipinski definition) is 0. The summed E-state index contributed by atoms with van der Waals surface area (Å²) in [6.07, 6.45) is 2.01. The molecule has 15 rings (SSSR count). The van der Waals surface area contributed by atoms with Gasteiger partial charge in [0.05, 0.1) is 0 Å². The first-order valence-corrected chi connectivity index (χ1v) is 26.1. The third kappa shape index (κ3) is 5.96. The third-order valence-corrected chi connectivity index (χ3v) is 17.1. The number of hydrogen-bond donors (Lipinski definition) is 0. The molecule has 0 unspecified atom stereocenters. The highest BCUT2D eigenvalue weighted by atomic mass is 14.4. The molecule has 0 aromatic heterocycles. The van der Waals surface area contributed by atoms with Crippen LogP contribution in [-0.4, -0.2) is 0 Å². The first-order valence-electron chi connectivity index (χ1n) is 26.1. The van der Waals surface area contributed by atoms with E-state index in [2.05, 4.69) is 257 Å². The third-order valence-electron chi connectivity index (χ3n) is 17.1. The molecule has 342 valence electrons. The topological polar surface area (TPSA) is 0 Å². The maximum absolute atomic E-state index is 2.58. The van der Waals surface area contributed by atoms with Crippen molar-refractivity contribution in [1.29, 1.82) is 0 Å². The summed E-state index contributed by atoms with van der Waals surface area (Å²) in [5, 5.41) is 5.26. The Kier molecular flexibility index (Phi) is 9.23. The van der Waals surface area contributed by atoms with E-state index >= 15 is 0 Å². The van der Waals surface area contributed by atoms with Gasteiger partial charge in [0.15, 0.2) is 0 Å². The summed E-state index contributed by atoms with van der Waals surface area (Å²) in [5.41, 5.74) is 31.3. The largest absolute Gasteiger partial charge is 0.0642 e. The van der Waals surface area contributed by atoms with Gasteiger partial charge < -0.3 is 0 Å². The second-order valence-corrected chi connectivity index (χ2v) is 20.4. The Morgan fingerprint density at radius 3 is 0.904 bits per heavy atom. The standard InChI is InChI=1S/C73H50/c1-3-73(4-2)63-43-51(57-35-31-49-27-17-29-61-65(49)69(57)71-55(47-23-13-7-14-24-47)41-39-53(67(61)71)45-19-9-5-10-20-45)33-37-59(63)60-38-34-52(44-64(60)73)58-36-32-50-28-18-30-62-66(50)70(58)72-56(48-25-15-8-16-26-48)42-40-54(68(62)72)46-21-11-6-12-22-46/h5-44H,3-4H2,1-2H3. The van der Waals surface area contributed by atoms with Crippen molar-refractivity contribution in [2.75, 3.05) is 0 Å². The van der Waals surface area contributed by atoms with Gasteiger partial charge in [-0.25, -0.2) is 0 Å². The average Bonchev–Trinajstić information content (AvgIpc) is 4.10. The van der Waals surface area contributed by atoms with E-state index in [0.29, 0.717) is 0 Å². The van der Waals surface area contributed by atoms with Crippen LogP contribution < -0.4 is 0 Å². The van der Waals surface area contributed by atoms with Crippen molar-refractivity contribution in [2.24, 2.45) is 0 Å². The van der Waals surface area contributed by atoms with Gasteiger partial charge in [-0.15, -0.1) is 0 Å². The molecule has 12 aromatic carbocycles. The number of rotatable bonds is 8. The predicted octanol–water partition coefficient (Wildman–Crippen LogP) is 20.4. The Morgan fingerprint density at radius 2 is 0.548 bits per heavy atom. The molecular weight excluding hydrogens is 877 g/mol. The minimum atomic E-state index is -0.164. The van der Waals surface area contributed by atoms with Crippen LogP contribution >= 0.6 is 0 Å². The van der Waals surface area contributed by atoms with Crippen LogP contribution in [0.25, 0.3) is 144 Å². The van der Waals surface area contributed by atoms with Crippen molar-refractivity contribution in [3.8, 4) is 122 Å². The molecule has 0 nitrogen and oxygen atoms in total. The van der Waals surface area contributed by atoms with Crippen LogP contribution in [-0.2, 0) is 5.41 Å². The van der Waals surface area contributed by atoms with E-state index in [9.17, 15) is 0 Å². The summed E-state index contributed by atoms with van der Waals surface area (Å²) in [7, 11) is 0. The van der Waals surface area contributed by atoms with E-state index in [1.54, 1.807) is 0 Å². The van der Waals surface area contributed by atoms with Crippen LogP contribution in [0.3, 0.4) is 0 Å². The Hall–Kier alpha value is -8.84. The fourth-order valence-corrected chi connectivity index (χ4v) is 13.7. The minimum absolute atomic E-state index is 0.164. The van der Waals surface area contributed by atoms with Gasteiger partial charge in [0, 0.05) is 5.41 Å². The zero-order chi connectivity index (χ0) is 48.4. The molecule has 0 fully saturated rings. The monoisotopic (exact) mass is 926 g/mol. The van der Waals surface area contributed by atoms with E-state index in [4.69, 9.17) is 0 Å². The molecule has 3 aliphatic carbocycles. The fourth-order valence-electron chi connectivity index (χ4n) is 13.7. The number of benzene rings is 12. The lowest BCUT2D eigenvalue weighted by Crippen LogP contribution is -2.23. The smallest absolute Gasteiger partial charge is 0.0210 e. The van der Waals surface area contributed by atoms with Gasteiger partial charge in [0.1, 0.15) is 0 Å². The summed E-state index contributed by atoms with van der Waals surface area (Å²) in [4.78, 5) is 0. The van der Waals surface area contributed by atoms with Crippen LogP contribution in [0.1, 0.15) is 37.8 Å². The molecule has 0 bridgehead atoms. The van der Waals surface area contributed by atoms with Crippen LogP contribution in [0.4, 0.5) is 0 Å². The van der Waals surface area contributed by atoms with Gasteiger partial charge in [-0.05, 0) is 180 Å².